The minimum absolute atomic E-state index is 0.235. The van der Waals surface area contributed by atoms with E-state index in [9.17, 15) is 0 Å². The van der Waals surface area contributed by atoms with Crippen molar-refractivity contribution in [1.29, 1.82) is 0 Å². The van der Waals surface area contributed by atoms with Crippen LogP contribution in [0, 0.1) is 11.3 Å². The number of aliphatic imine (C=N–C) groups is 1. The van der Waals surface area contributed by atoms with Gasteiger partial charge in [-0.25, -0.2) is 0 Å². The monoisotopic (exact) mass is 484 g/mol. The Kier molecular flexibility index (Phi) is 7.92. The number of amidine groups is 1. The smallest absolute Gasteiger partial charge is 0.123 e. The van der Waals surface area contributed by atoms with Crippen LogP contribution in [0.5, 0.6) is 0 Å². The maximum absolute atomic E-state index is 4.92. The second kappa shape index (κ2) is 10.9. The van der Waals surface area contributed by atoms with Gasteiger partial charge >= 0.3 is 0 Å². The van der Waals surface area contributed by atoms with E-state index in [-0.39, 0.29) is 6.04 Å². The molecule has 4 rings (SSSR count). The molecule has 3 aliphatic rings. The molecule has 1 aromatic carbocycles. The SMILES string of the molecule is C=CN(C)C(C)C(=CC)/C=c1/cc(NC(=C)C2=CC(N3CC4(CCCCC4)C3)=NCC2C)ccc1=C. The molecular formula is C32H44N4. The Morgan fingerprint density at radius 3 is 2.64 bits per heavy atom. The van der Waals surface area contributed by atoms with Gasteiger partial charge in [0.05, 0.1) is 6.04 Å². The minimum atomic E-state index is 0.235. The first-order chi connectivity index (χ1) is 17.2. The molecule has 0 amide bonds. The maximum Gasteiger partial charge on any atom is 0.123 e. The number of hydrogen-bond acceptors (Lipinski definition) is 4. The lowest BCUT2D eigenvalue weighted by atomic mass is 9.68. The minimum Gasteiger partial charge on any atom is -0.374 e. The summed E-state index contributed by atoms with van der Waals surface area (Å²) in [4.78, 5) is 9.52. The first-order valence-corrected chi connectivity index (χ1v) is 13.5. The fourth-order valence-corrected chi connectivity index (χ4v) is 5.85. The number of allylic oxidation sites excluding steroid dienone is 2. The predicted octanol–water partition coefficient (Wildman–Crippen LogP) is 5.45. The standard InChI is InChI=1S/C32H44N4/c1-8-27(26(6)35(7)9-2)17-28-18-29(14-13-23(28)3)34-25(5)30-19-31(33-20-24(30)4)36-21-32(22-36)15-11-10-12-16-32/h8-9,13-14,17-19,24,26,34H,2-3,5,10-12,15-16,20-22H2,1,4,6-7H3/b27-8?,28-17-. The van der Waals surface area contributed by atoms with Crippen LogP contribution in [0.3, 0.4) is 0 Å². The summed E-state index contributed by atoms with van der Waals surface area (Å²) in [6, 6.07) is 6.57. The van der Waals surface area contributed by atoms with Crippen LogP contribution in [0.1, 0.15) is 52.9 Å². The first-order valence-electron chi connectivity index (χ1n) is 13.5. The van der Waals surface area contributed by atoms with Gasteiger partial charge in [0.2, 0.25) is 0 Å². The molecule has 4 heteroatoms. The summed E-state index contributed by atoms with van der Waals surface area (Å²) in [5, 5.41) is 5.70. The van der Waals surface area contributed by atoms with Crippen molar-refractivity contribution in [3.05, 3.63) is 77.0 Å². The zero-order valence-corrected chi connectivity index (χ0v) is 22.8. The van der Waals surface area contributed by atoms with E-state index in [1.54, 1.807) is 0 Å². The molecule has 0 aromatic heterocycles. The quantitative estimate of drug-likeness (QED) is 0.558. The third-order valence-electron chi connectivity index (χ3n) is 8.46. The molecule has 1 aliphatic carbocycles. The maximum atomic E-state index is 4.92. The van der Waals surface area contributed by atoms with Crippen LogP contribution >= 0.6 is 0 Å². The van der Waals surface area contributed by atoms with Crippen molar-refractivity contribution in [3.63, 3.8) is 0 Å². The van der Waals surface area contributed by atoms with Crippen molar-refractivity contribution < 1.29 is 0 Å². The highest BCUT2D eigenvalue weighted by Gasteiger charge is 2.44. The van der Waals surface area contributed by atoms with E-state index in [1.807, 2.05) is 13.2 Å². The molecule has 2 aliphatic heterocycles. The van der Waals surface area contributed by atoms with Crippen LogP contribution in [0.15, 0.2) is 71.5 Å². The van der Waals surface area contributed by atoms with Crippen molar-refractivity contribution in [3.8, 4) is 0 Å². The Morgan fingerprint density at radius 2 is 1.97 bits per heavy atom. The van der Waals surface area contributed by atoms with Crippen molar-refractivity contribution in [2.75, 3.05) is 32.0 Å². The average molecular weight is 485 g/mol. The highest BCUT2D eigenvalue weighted by Crippen LogP contribution is 2.44. The first kappa shape index (κ1) is 26.1. The summed E-state index contributed by atoms with van der Waals surface area (Å²) < 4.78 is 0. The molecular weight excluding hydrogens is 440 g/mol. The van der Waals surface area contributed by atoms with Gasteiger partial charge in [0, 0.05) is 49.4 Å². The van der Waals surface area contributed by atoms with Gasteiger partial charge in [0.1, 0.15) is 5.84 Å². The molecule has 4 nitrogen and oxygen atoms in total. The number of likely N-dealkylation sites (tertiary alicyclic amines) is 1. The van der Waals surface area contributed by atoms with Crippen molar-refractivity contribution in [2.45, 2.75) is 58.9 Å². The topological polar surface area (TPSA) is 30.9 Å². The van der Waals surface area contributed by atoms with Crippen LogP contribution in [0.25, 0.3) is 12.7 Å². The number of benzene rings is 1. The van der Waals surface area contributed by atoms with Crippen molar-refractivity contribution in [1.82, 2.24) is 9.80 Å². The molecule has 1 spiro atoms. The second-order valence-corrected chi connectivity index (χ2v) is 11.1. The number of dihydropyridines is 1. The summed E-state index contributed by atoms with van der Waals surface area (Å²) in [6.45, 7) is 22.3. The molecule has 2 atom stereocenters. The van der Waals surface area contributed by atoms with Gasteiger partial charge in [-0.2, -0.15) is 0 Å². The van der Waals surface area contributed by atoms with Gasteiger partial charge in [0.15, 0.2) is 0 Å². The summed E-state index contributed by atoms with van der Waals surface area (Å²) in [5.74, 6) is 1.49. The van der Waals surface area contributed by atoms with Crippen LogP contribution in [0.4, 0.5) is 5.69 Å². The molecule has 0 bridgehead atoms. The van der Waals surface area contributed by atoms with Crippen LogP contribution in [-0.4, -0.2) is 48.4 Å². The number of rotatable bonds is 7. The van der Waals surface area contributed by atoms with E-state index < -0.39 is 0 Å². The predicted molar refractivity (Wildman–Crippen MR) is 156 cm³/mol. The fourth-order valence-electron chi connectivity index (χ4n) is 5.85. The number of nitrogens with one attached hydrogen (secondary N) is 1. The third-order valence-corrected chi connectivity index (χ3v) is 8.46. The highest BCUT2D eigenvalue weighted by atomic mass is 15.3. The van der Waals surface area contributed by atoms with E-state index in [4.69, 9.17) is 4.99 Å². The molecule has 1 saturated heterocycles. The van der Waals surface area contributed by atoms with Gasteiger partial charge in [-0.15, -0.1) is 0 Å². The molecule has 2 unspecified atom stereocenters. The lowest BCUT2D eigenvalue weighted by molar-refractivity contribution is 0.0211. The van der Waals surface area contributed by atoms with E-state index >= 15 is 0 Å². The Hall–Kier alpha value is -3.01. The lowest BCUT2D eigenvalue weighted by Gasteiger charge is -2.53. The zero-order valence-electron chi connectivity index (χ0n) is 22.8. The van der Waals surface area contributed by atoms with Crippen LogP contribution in [0.2, 0.25) is 0 Å². The second-order valence-electron chi connectivity index (χ2n) is 11.1. The Morgan fingerprint density at radius 1 is 1.25 bits per heavy atom. The molecule has 192 valence electrons. The molecule has 2 heterocycles. The summed E-state index contributed by atoms with van der Waals surface area (Å²) in [6.07, 6.45) is 15.5. The summed E-state index contributed by atoms with van der Waals surface area (Å²) in [7, 11) is 2.05. The molecule has 2 fully saturated rings. The number of likely N-dealkylation sites (N-methyl/N-ethyl adjacent to an activating group) is 1. The van der Waals surface area contributed by atoms with Gasteiger partial charge < -0.3 is 15.1 Å². The van der Waals surface area contributed by atoms with E-state index in [2.05, 4.69) is 92.1 Å². The molecule has 1 saturated carbocycles. The van der Waals surface area contributed by atoms with Crippen LogP contribution < -0.4 is 15.8 Å². The lowest BCUT2D eigenvalue weighted by Crippen LogP contribution is -2.59. The zero-order chi connectivity index (χ0) is 25.9. The van der Waals surface area contributed by atoms with E-state index in [0.29, 0.717) is 11.3 Å². The van der Waals surface area contributed by atoms with Crippen molar-refractivity contribution in [2.24, 2.45) is 16.3 Å². The Bertz CT molecular complexity index is 1190. The van der Waals surface area contributed by atoms with E-state index in [1.165, 1.54) is 56.3 Å². The van der Waals surface area contributed by atoms with Gasteiger partial charge in [-0.05, 0) is 78.8 Å². The molecule has 36 heavy (non-hydrogen) atoms. The summed E-state index contributed by atoms with van der Waals surface area (Å²) in [5.41, 5.74) is 5.02. The molecule has 1 aromatic rings. The van der Waals surface area contributed by atoms with Gasteiger partial charge in [0.25, 0.3) is 0 Å². The Labute approximate surface area is 218 Å². The van der Waals surface area contributed by atoms with E-state index in [0.717, 1.165) is 34.2 Å². The molecule has 0 radical (unpaired) electrons. The van der Waals surface area contributed by atoms with Gasteiger partial charge in [-0.1, -0.05) is 58.1 Å². The highest BCUT2D eigenvalue weighted by molar-refractivity contribution is 5.96. The average Bonchev–Trinajstić information content (AvgIpc) is 2.87. The number of anilines is 1. The number of nitrogens with zero attached hydrogens (tertiary/aromatic N) is 3. The van der Waals surface area contributed by atoms with Crippen molar-refractivity contribution >= 4 is 24.2 Å². The van der Waals surface area contributed by atoms with Crippen LogP contribution in [-0.2, 0) is 0 Å². The fraction of sp³-hybridized carbons (Fsp3) is 0.469. The number of hydrogen-bond donors (Lipinski definition) is 1. The normalized spacial score (nSPS) is 22.9. The van der Waals surface area contributed by atoms with Gasteiger partial charge in [-0.3, -0.25) is 4.99 Å². The third kappa shape index (κ3) is 5.53. The Balaban J connectivity index is 1.49. The molecule has 1 N–H and O–H groups in total. The largest absolute Gasteiger partial charge is 0.374 e. The summed E-state index contributed by atoms with van der Waals surface area (Å²) >= 11 is 0.